The molecule has 1 saturated heterocycles. The summed E-state index contributed by atoms with van der Waals surface area (Å²) in [6.07, 6.45) is 2.98. The van der Waals surface area contributed by atoms with Crippen LogP contribution in [-0.2, 0) is 32.9 Å². The van der Waals surface area contributed by atoms with Crippen LogP contribution in [0.3, 0.4) is 0 Å². The Morgan fingerprint density at radius 3 is 2.44 bits per heavy atom. The van der Waals surface area contributed by atoms with E-state index in [1.165, 1.54) is 0 Å². The molecule has 6 rings (SSSR count). The average molecular weight is 716 g/mol. The van der Waals surface area contributed by atoms with Gasteiger partial charge in [0.1, 0.15) is 6.04 Å². The van der Waals surface area contributed by atoms with Gasteiger partial charge in [-0.05, 0) is 87.3 Å². The normalized spacial score (nSPS) is 20.8. The highest BCUT2D eigenvalue weighted by Gasteiger charge is 2.56. The van der Waals surface area contributed by atoms with E-state index in [9.17, 15) is 27.9 Å². The zero-order valence-electron chi connectivity index (χ0n) is 29.7. The molecule has 52 heavy (non-hydrogen) atoms. The molecule has 2 amide bonds. The van der Waals surface area contributed by atoms with Crippen molar-refractivity contribution in [3.8, 4) is 17.6 Å². The Balaban J connectivity index is 1.28. The molecule has 2 fully saturated rings. The predicted octanol–water partition coefficient (Wildman–Crippen LogP) is 6.28. The number of carboxylic acids is 1. The van der Waals surface area contributed by atoms with Crippen molar-refractivity contribution in [3.63, 3.8) is 0 Å². The Morgan fingerprint density at radius 2 is 1.75 bits per heavy atom. The van der Waals surface area contributed by atoms with Crippen molar-refractivity contribution in [2.24, 2.45) is 5.41 Å². The maximum absolute atomic E-state index is 15.1. The molecule has 8 nitrogen and oxygen atoms in total. The molecule has 274 valence electrons. The fourth-order valence-electron chi connectivity index (χ4n) is 7.11. The summed E-state index contributed by atoms with van der Waals surface area (Å²) < 4.78 is 46.8. The lowest BCUT2D eigenvalue weighted by Gasteiger charge is -2.53. The van der Waals surface area contributed by atoms with Gasteiger partial charge in [-0.1, -0.05) is 60.4 Å². The number of nitrogens with zero attached hydrogens (tertiary/aromatic N) is 2. The fraction of sp³-hybridized carbons (Fsp3) is 0.439. The highest BCUT2D eigenvalue weighted by Crippen LogP contribution is 2.41. The third-order valence-electron chi connectivity index (χ3n) is 10.5. The Kier molecular flexibility index (Phi) is 10.7. The maximum atomic E-state index is 15.1. The van der Waals surface area contributed by atoms with E-state index in [1.54, 1.807) is 18.7 Å². The summed E-state index contributed by atoms with van der Waals surface area (Å²) in [6, 6.07) is 15.8. The van der Waals surface area contributed by atoms with Gasteiger partial charge in [0.2, 0.25) is 17.6 Å². The second kappa shape index (κ2) is 15.0. The number of ether oxygens (including phenoxy) is 1. The van der Waals surface area contributed by atoms with Gasteiger partial charge in [-0.3, -0.25) is 19.7 Å². The van der Waals surface area contributed by atoms with E-state index in [-0.39, 0.29) is 50.3 Å². The predicted molar refractivity (Wildman–Crippen MR) is 188 cm³/mol. The fourth-order valence-corrected chi connectivity index (χ4v) is 7.11. The van der Waals surface area contributed by atoms with Crippen LogP contribution in [0.1, 0.15) is 74.6 Å². The molecule has 0 radical (unpaired) electrons. The van der Waals surface area contributed by atoms with Gasteiger partial charge in [0.05, 0.1) is 23.6 Å². The van der Waals surface area contributed by atoms with Crippen LogP contribution in [0.25, 0.3) is 0 Å². The molecular weight excluding hydrogens is 671 g/mol. The Morgan fingerprint density at radius 1 is 1.04 bits per heavy atom. The van der Waals surface area contributed by atoms with Crippen LogP contribution in [0.5, 0.6) is 5.75 Å². The first-order chi connectivity index (χ1) is 24.8. The number of halogens is 3. The molecule has 11 heteroatoms. The molecule has 1 unspecified atom stereocenters. The first-order valence-corrected chi connectivity index (χ1v) is 17.8. The van der Waals surface area contributed by atoms with Crippen LogP contribution in [0.2, 0.25) is 0 Å². The van der Waals surface area contributed by atoms with Crippen LogP contribution >= 0.6 is 0 Å². The molecular formula is C41H44F3N3O5. The second-order valence-corrected chi connectivity index (χ2v) is 14.7. The van der Waals surface area contributed by atoms with E-state index >= 15 is 4.79 Å². The van der Waals surface area contributed by atoms with E-state index in [1.807, 2.05) is 60.4 Å². The van der Waals surface area contributed by atoms with E-state index < -0.39 is 52.2 Å². The first kappa shape index (κ1) is 37.0. The van der Waals surface area contributed by atoms with E-state index in [4.69, 9.17) is 4.74 Å². The van der Waals surface area contributed by atoms with Gasteiger partial charge in [0, 0.05) is 32.0 Å². The number of aliphatic carboxylic acids is 1. The number of carbonyl (C=O) groups is 3. The number of hydrogen-bond acceptors (Lipinski definition) is 5. The maximum Gasteiger partial charge on any atom is 0.309 e. The molecule has 2 aliphatic heterocycles. The molecule has 2 heterocycles. The van der Waals surface area contributed by atoms with E-state index in [0.29, 0.717) is 25.5 Å². The molecule has 3 aromatic rings. The number of rotatable bonds is 14. The van der Waals surface area contributed by atoms with Crippen molar-refractivity contribution in [3.05, 3.63) is 100 Å². The third kappa shape index (κ3) is 7.68. The number of fused-ring (bicyclic) bond motifs is 2. The second-order valence-electron chi connectivity index (χ2n) is 14.7. The molecule has 1 aliphatic carbocycles. The molecule has 1 saturated carbocycles. The average Bonchev–Trinajstić information content (AvgIpc) is 3.97. The highest BCUT2D eigenvalue weighted by molar-refractivity contribution is 5.91. The van der Waals surface area contributed by atoms with Crippen molar-refractivity contribution < 1.29 is 37.4 Å². The van der Waals surface area contributed by atoms with Crippen LogP contribution in [0.4, 0.5) is 13.2 Å². The standard InChI is InChI=1S/C41H44F3N3O5/c1-26-8-4-5-10-28(26)24-46(31-16-17-31)38(49)37-41(21-6-11-30(45-41)25-47(37)34(48)20-22-40(2,3)39(50)51)29-14-12-27(13-15-29)9-7-23-52-36-33(43)19-18-32(42)35(36)44/h4-5,8,10,12-15,18-19,30-31,37,45H,7,9,16-17,20-25H2,1-3H3,(H,50,51)/t30-,37?,41+/m0/s1. The lowest BCUT2D eigenvalue weighted by molar-refractivity contribution is -0.156. The summed E-state index contributed by atoms with van der Waals surface area (Å²) in [5.41, 5.74) is 1.61. The SMILES string of the molecule is Cc1ccccc1CN(C(=O)C1N(C(=O)CCC(C)(C)C(=O)O)C[C@@H]2C#CC[C@]1(c1ccc(CCCOc3c(F)ccc(F)c3F)cc1)N2)C1CC1. The minimum atomic E-state index is -1.36. The van der Waals surface area contributed by atoms with Gasteiger partial charge in [-0.15, -0.1) is 0 Å². The lowest BCUT2D eigenvalue weighted by atomic mass is 9.73. The monoisotopic (exact) mass is 715 g/mol. The van der Waals surface area contributed by atoms with Crippen molar-refractivity contribution >= 4 is 17.8 Å². The Bertz CT molecular complexity index is 1900. The zero-order chi connectivity index (χ0) is 37.2. The number of nitrogens with one attached hydrogen (secondary N) is 1. The molecule has 2 bridgehead atoms. The first-order valence-electron chi connectivity index (χ1n) is 17.8. The topological polar surface area (TPSA) is 99.2 Å². The molecule has 3 aromatic carbocycles. The summed E-state index contributed by atoms with van der Waals surface area (Å²) in [5, 5.41) is 13.4. The van der Waals surface area contributed by atoms with E-state index in [0.717, 1.165) is 41.2 Å². The number of aryl methyl sites for hydroxylation is 2. The number of carboxylic acid groups (broad SMARTS) is 1. The van der Waals surface area contributed by atoms with E-state index in [2.05, 4.69) is 17.2 Å². The summed E-state index contributed by atoms with van der Waals surface area (Å²) in [5.74, 6) is 0.738. The van der Waals surface area contributed by atoms with Crippen LogP contribution in [-0.4, -0.2) is 64.0 Å². The molecule has 3 aliphatic rings. The van der Waals surface area contributed by atoms with Crippen LogP contribution in [0.15, 0.2) is 60.7 Å². The Hall–Kier alpha value is -4.82. The van der Waals surface area contributed by atoms with Crippen molar-refractivity contribution in [2.45, 2.75) is 95.9 Å². The van der Waals surface area contributed by atoms with Crippen molar-refractivity contribution in [2.75, 3.05) is 13.2 Å². The number of benzene rings is 3. The molecule has 3 atom stereocenters. The minimum absolute atomic E-state index is 0.0357. The van der Waals surface area contributed by atoms with Gasteiger partial charge < -0.3 is 19.6 Å². The van der Waals surface area contributed by atoms with Gasteiger partial charge >= 0.3 is 5.97 Å². The largest absolute Gasteiger partial charge is 0.488 e. The minimum Gasteiger partial charge on any atom is -0.488 e. The third-order valence-corrected chi connectivity index (χ3v) is 10.5. The number of hydrogen-bond donors (Lipinski definition) is 2. The van der Waals surface area contributed by atoms with Gasteiger partial charge in [-0.25, -0.2) is 8.78 Å². The lowest BCUT2D eigenvalue weighted by Crippen LogP contribution is -2.73. The van der Waals surface area contributed by atoms with Crippen molar-refractivity contribution in [1.82, 2.24) is 15.1 Å². The molecule has 2 N–H and O–H groups in total. The summed E-state index contributed by atoms with van der Waals surface area (Å²) >= 11 is 0. The smallest absolute Gasteiger partial charge is 0.309 e. The number of amides is 2. The van der Waals surface area contributed by atoms with Crippen LogP contribution < -0.4 is 10.1 Å². The number of piperazine rings is 1. The summed E-state index contributed by atoms with van der Waals surface area (Å²) in [4.78, 5) is 44.7. The Labute approximate surface area is 302 Å². The van der Waals surface area contributed by atoms with Gasteiger partial charge in [0.25, 0.3) is 0 Å². The molecule has 0 spiro atoms. The number of carbonyl (C=O) groups excluding carboxylic acids is 2. The highest BCUT2D eigenvalue weighted by atomic mass is 19.2. The summed E-state index contributed by atoms with van der Waals surface area (Å²) in [7, 11) is 0. The van der Waals surface area contributed by atoms with Gasteiger partial charge in [0.15, 0.2) is 17.4 Å². The van der Waals surface area contributed by atoms with Crippen molar-refractivity contribution in [1.29, 1.82) is 0 Å². The molecule has 0 aromatic heterocycles. The summed E-state index contributed by atoms with van der Waals surface area (Å²) in [6.45, 7) is 5.75. The van der Waals surface area contributed by atoms with Gasteiger partial charge in [-0.2, -0.15) is 4.39 Å². The van der Waals surface area contributed by atoms with Crippen LogP contribution in [0, 0.1) is 41.6 Å². The zero-order valence-corrected chi connectivity index (χ0v) is 29.7. The quantitative estimate of drug-likeness (QED) is 0.116.